The molecule has 1 saturated heterocycles. The van der Waals surface area contributed by atoms with Crippen molar-refractivity contribution in [3.8, 4) is 6.07 Å². The van der Waals surface area contributed by atoms with Gasteiger partial charge in [0.25, 0.3) is 0 Å². The SMILES string of the molecule is CC(C)CN1/C(=N/c2ccc(C#N)cc2C(C)(C)C)SC[C@H]1[C@@H](C)OC(C)(C)C. The molecule has 4 nitrogen and oxygen atoms in total. The van der Waals surface area contributed by atoms with Gasteiger partial charge in [-0.2, -0.15) is 5.26 Å². The summed E-state index contributed by atoms with van der Waals surface area (Å²) in [7, 11) is 0. The van der Waals surface area contributed by atoms with Crippen LogP contribution in [0.15, 0.2) is 23.2 Å². The van der Waals surface area contributed by atoms with Gasteiger partial charge in [-0.25, -0.2) is 4.99 Å². The van der Waals surface area contributed by atoms with E-state index < -0.39 is 0 Å². The molecular formula is C24H37N3OS. The first-order valence-corrected chi connectivity index (χ1v) is 11.5. The average Bonchev–Trinajstić information content (AvgIpc) is 2.94. The lowest BCUT2D eigenvalue weighted by Gasteiger charge is -2.35. The van der Waals surface area contributed by atoms with Gasteiger partial charge in [-0.05, 0) is 62.8 Å². The largest absolute Gasteiger partial charge is 0.371 e. The summed E-state index contributed by atoms with van der Waals surface area (Å²) >= 11 is 1.81. The lowest BCUT2D eigenvalue weighted by molar-refractivity contribution is -0.0737. The number of amidine groups is 1. The lowest BCUT2D eigenvalue weighted by Crippen LogP contribution is -2.46. The Bertz CT molecular complexity index is 781. The Morgan fingerprint density at radius 2 is 1.86 bits per heavy atom. The van der Waals surface area contributed by atoms with E-state index in [9.17, 15) is 5.26 Å². The quantitative estimate of drug-likeness (QED) is 0.581. The number of thioether (sulfide) groups is 1. The highest BCUT2D eigenvalue weighted by molar-refractivity contribution is 8.14. The molecule has 1 aliphatic rings. The summed E-state index contributed by atoms with van der Waals surface area (Å²) < 4.78 is 6.29. The number of hydrogen-bond donors (Lipinski definition) is 0. The van der Waals surface area contributed by atoms with E-state index in [1.807, 2.05) is 30.0 Å². The number of nitrogens with zero attached hydrogens (tertiary/aromatic N) is 3. The van der Waals surface area contributed by atoms with Gasteiger partial charge in [-0.15, -0.1) is 0 Å². The van der Waals surface area contributed by atoms with Crippen molar-refractivity contribution in [2.24, 2.45) is 10.9 Å². The molecule has 2 rings (SSSR count). The first-order chi connectivity index (χ1) is 13.3. The Morgan fingerprint density at radius 1 is 1.21 bits per heavy atom. The molecule has 0 aromatic heterocycles. The van der Waals surface area contributed by atoms with Gasteiger partial charge in [0, 0.05) is 12.3 Å². The van der Waals surface area contributed by atoms with Gasteiger partial charge in [-0.1, -0.05) is 46.4 Å². The number of rotatable bonds is 5. The summed E-state index contributed by atoms with van der Waals surface area (Å²) in [6.45, 7) is 20.5. The van der Waals surface area contributed by atoms with Crippen molar-refractivity contribution in [2.75, 3.05) is 12.3 Å². The van der Waals surface area contributed by atoms with Crippen LogP contribution in [-0.2, 0) is 10.2 Å². The molecule has 160 valence electrons. The average molecular weight is 416 g/mol. The molecule has 0 spiro atoms. The Hall–Kier alpha value is -1.51. The van der Waals surface area contributed by atoms with Crippen molar-refractivity contribution in [3.05, 3.63) is 29.3 Å². The topological polar surface area (TPSA) is 48.6 Å². The van der Waals surface area contributed by atoms with Crippen LogP contribution < -0.4 is 0 Å². The standard InChI is InChI=1S/C24H37N3OS/c1-16(2)14-27-21(17(3)28-24(7,8)9)15-29-22(27)26-20-11-10-18(13-25)12-19(20)23(4,5)6/h10-12,16-17,21H,14-15H2,1-9H3/b26-22-/t17-,21+/m1/s1. The molecule has 1 aliphatic heterocycles. The zero-order valence-corrected chi connectivity index (χ0v) is 20.4. The van der Waals surface area contributed by atoms with E-state index >= 15 is 0 Å². The third-order valence-corrected chi connectivity index (χ3v) is 5.91. The maximum absolute atomic E-state index is 9.32. The summed E-state index contributed by atoms with van der Waals surface area (Å²) in [6.07, 6.45) is 0.122. The summed E-state index contributed by atoms with van der Waals surface area (Å²) in [4.78, 5) is 7.53. The number of ether oxygens (including phenoxy) is 1. The van der Waals surface area contributed by atoms with Gasteiger partial charge in [0.2, 0.25) is 0 Å². The molecular weight excluding hydrogens is 378 g/mol. The summed E-state index contributed by atoms with van der Waals surface area (Å²) in [5, 5.41) is 10.4. The third-order valence-electron chi connectivity index (χ3n) is 4.82. The maximum atomic E-state index is 9.32. The molecule has 5 heteroatoms. The molecule has 29 heavy (non-hydrogen) atoms. The molecule has 0 unspecified atom stereocenters. The van der Waals surface area contributed by atoms with Crippen molar-refractivity contribution < 1.29 is 4.74 Å². The molecule has 1 aromatic rings. The fraction of sp³-hybridized carbons (Fsp3) is 0.667. The van der Waals surface area contributed by atoms with Crippen LogP contribution in [0.5, 0.6) is 0 Å². The van der Waals surface area contributed by atoms with Gasteiger partial charge in [-0.3, -0.25) is 0 Å². The van der Waals surface area contributed by atoms with E-state index in [1.54, 1.807) is 0 Å². The van der Waals surface area contributed by atoms with Crippen molar-refractivity contribution in [2.45, 2.75) is 85.5 Å². The summed E-state index contributed by atoms with van der Waals surface area (Å²) in [5.74, 6) is 1.51. The Kier molecular flexibility index (Phi) is 7.46. The van der Waals surface area contributed by atoms with Crippen LogP contribution >= 0.6 is 11.8 Å². The minimum atomic E-state index is -0.167. The molecule has 0 N–H and O–H groups in total. The Morgan fingerprint density at radius 3 is 2.38 bits per heavy atom. The normalized spacial score (nSPS) is 20.4. The summed E-state index contributed by atoms with van der Waals surface area (Å²) in [6, 6.07) is 8.40. The third kappa shape index (κ3) is 6.49. The monoisotopic (exact) mass is 415 g/mol. The van der Waals surface area contributed by atoms with Crippen molar-refractivity contribution in [1.82, 2.24) is 4.90 Å². The van der Waals surface area contributed by atoms with Gasteiger partial charge in [0.15, 0.2) is 5.17 Å². The van der Waals surface area contributed by atoms with Crippen molar-refractivity contribution in [1.29, 1.82) is 5.26 Å². The van der Waals surface area contributed by atoms with Gasteiger partial charge >= 0.3 is 0 Å². The molecule has 0 radical (unpaired) electrons. The predicted molar refractivity (Wildman–Crippen MR) is 125 cm³/mol. The minimum absolute atomic E-state index is 0.0829. The number of nitriles is 1. The predicted octanol–water partition coefficient (Wildman–Crippen LogP) is 6.12. The van der Waals surface area contributed by atoms with Crippen LogP contribution in [0.1, 0.15) is 73.4 Å². The second-order valence-electron chi connectivity index (χ2n) is 10.3. The van der Waals surface area contributed by atoms with E-state index in [-0.39, 0.29) is 17.1 Å². The molecule has 0 aliphatic carbocycles. The first kappa shape index (κ1) is 23.8. The molecule has 1 heterocycles. The molecule has 2 atom stereocenters. The van der Waals surface area contributed by atoms with E-state index in [2.05, 4.69) is 73.3 Å². The number of benzene rings is 1. The smallest absolute Gasteiger partial charge is 0.164 e. The van der Waals surface area contributed by atoms with Gasteiger partial charge in [0.1, 0.15) is 0 Å². The van der Waals surface area contributed by atoms with Crippen LogP contribution in [0.4, 0.5) is 5.69 Å². The molecule has 0 bridgehead atoms. The van der Waals surface area contributed by atoms with Gasteiger partial charge in [0.05, 0.1) is 35.1 Å². The zero-order chi connectivity index (χ0) is 22.0. The Balaban J connectivity index is 2.42. The van der Waals surface area contributed by atoms with Crippen LogP contribution in [0.25, 0.3) is 0 Å². The van der Waals surface area contributed by atoms with Crippen LogP contribution in [-0.4, -0.2) is 40.1 Å². The first-order valence-electron chi connectivity index (χ1n) is 10.5. The van der Waals surface area contributed by atoms with Crippen molar-refractivity contribution >= 4 is 22.6 Å². The lowest BCUT2D eigenvalue weighted by atomic mass is 9.85. The highest BCUT2D eigenvalue weighted by atomic mass is 32.2. The van der Waals surface area contributed by atoms with Crippen molar-refractivity contribution in [3.63, 3.8) is 0 Å². The summed E-state index contributed by atoms with van der Waals surface area (Å²) in [5.41, 5.74) is 2.50. The van der Waals surface area contributed by atoms with E-state index in [1.165, 1.54) is 0 Å². The number of hydrogen-bond acceptors (Lipinski definition) is 4. The highest BCUT2D eigenvalue weighted by Gasteiger charge is 2.36. The minimum Gasteiger partial charge on any atom is -0.371 e. The van der Waals surface area contributed by atoms with Crippen LogP contribution in [0.2, 0.25) is 0 Å². The molecule has 1 fully saturated rings. The van der Waals surface area contributed by atoms with E-state index in [0.29, 0.717) is 17.5 Å². The maximum Gasteiger partial charge on any atom is 0.164 e. The second-order valence-corrected chi connectivity index (χ2v) is 11.3. The zero-order valence-electron chi connectivity index (χ0n) is 19.5. The molecule has 0 amide bonds. The van der Waals surface area contributed by atoms with Crippen LogP contribution in [0.3, 0.4) is 0 Å². The fourth-order valence-electron chi connectivity index (χ4n) is 3.61. The molecule has 1 aromatic carbocycles. The Labute approximate surface area is 181 Å². The van der Waals surface area contributed by atoms with Crippen LogP contribution in [0, 0.1) is 17.2 Å². The van der Waals surface area contributed by atoms with E-state index in [0.717, 1.165) is 28.7 Å². The highest BCUT2D eigenvalue weighted by Crippen LogP contribution is 2.36. The second kappa shape index (κ2) is 9.10. The fourth-order valence-corrected chi connectivity index (χ4v) is 4.92. The number of aliphatic imine (C=N–C) groups is 1. The molecule has 0 saturated carbocycles. The van der Waals surface area contributed by atoms with E-state index in [4.69, 9.17) is 9.73 Å². The van der Waals surface area contributed by atoms with Gasteiger partial charge < -0.3 is 9.64 Å².